The van der Waals surface area contributed by atoms with Crippen LogP contribution in [0, 0.1) is 0 Å². The molecule has 3 nitrogen and oxygen atoms in total. The SMILES string of the molecule is C=N/C=C\C=N/N. The maximum absolute atomic E-state index is 4.73. The summed E-state index contributed by atoms with van der Waals surface area (Å²) in [5.41, 5.74) is 0. The van der Waals surface area contributed by atoms with Crippen LogP contribution < -0.4 is 5.84 Å². The molecule has 0 spiro atoms. The molecule has 0 heterocycles. The number of rotatable bonds is 2. The number of hydrogen-bond donors (Lipinski definition) is 1. The van der Waals surface area contributed by atoms with Crippen LogP contribution in [0.3, 0.4) is 0 Å². The van der Waals surface area contributed by atoms with E-state index >= 15 is 0 Å². The number of hydrogen-bond acceptors (Lipinski definition) is 3. The molecule has 0 unspecified atom stereocenters. The van der Waals surface area contributed by atoms with Crippen LogP contribution in [0.1, 0.15) is 0 Å². The predicted octanol–water partition coefficient (Wildman–Crippen LogP) is 0.145. The van der Waals surface area contributed by atoms with E-state index in [1.807, 2.05) is 0 Å². The molecule has 0 rings (SSSR count). The molecule has 38 valence electrons. The minimum Gasteiger partial charge on any atom is -0.323 e. The summed E-state index contributed by atoms with van der Waals surface area (Å²) in [6.07, 6.45) is 4.51. The van der Waals surface area contributed by atoms with Crippen LogP contribution in [-0.2, 0) is 0 Å². The Kier molecular flexibility index (Phi) is 4.10. The van der Waals surface area contributed by atoms with E-state index in [1.54, 1.807) is 6.08 Å². The fourth-order valence-electron chi connectivity index (χ4n) is 0.149. The third-order valence-corrected chi connectivity index (χ3v) is 0.364. The molecule has 0 fully saturated rings. The lowest BCUT2D eigenvalue weighted by molar-refractivity contribution is 1.27. The molecule has 0 atom stereocenters. The van der Waals surface area contributed by atoms with Crippen molar-refractivity contribution >= 4 is 12.9 Å². The minimum absolute atomic E-state index is 1.43. The molecular weight excluding hydrogens is 90.1 g/mol. The minimum atomic E-state index is 1.43. The van der Waals surface area contributed by atoms with Gasteiger partial charge in [-0.2, -0.15) is 5.10 Å². The summed E-state index contributed by atoms with van der Waals surface area (Å²) in [5.74, 6) is 4.73. The molecule has 0 aliphatic carbocycles. The number of allylic oxidation sites excluding steroid dienone is 1. The molecule has 0 amide bonds. The average Bonchev–Trinajstić information content (AvgIpc) is 1.69. The lowest BCUT2D eigenvalue weighted by atomic mass is 10.7. The second kappa shape index (κ2) is 4.88. The van der Waals surface area contributed by atoms with Gasteiger partial charge in [-0.1, -0.05) is 0 Å². The molecule has 0 bridgehead atoms. The maximum Gasteiger partial charge on any atom is 0.0480 e. The summed E-state index contributed by atoms with van der Waals surface area (Å²) in [5, 5.41) is 3.17. The molecule has 0 radical (unpaired) electrons. The predicted molar refractivity (Wildman–Crippen MR) is 31.4 cm³/mol. The van der Waals surface area contributed by atoms with Crippen LogP contribution in [-0.4, -0.2) is 12.9 Å². The third-order valence-electron chi connectivity index (χ3n) is 0.364. The molecule has 0 aromatic heterocycles. The number of aliphatic imine (C=N–C) groups is 1. The van der Waals surface area contributed by atoms with Gasteiger partial charge in [-0.05, 0) is 12.8 Å². The van der Waals surface area contributed by atoms with Crippen LogP contribution in [0.4, 0.5) is 0 Å². The van der Waals surface area contributed by atoms with E-state index in [-0.39, 0.29) is 0 Å². The Labute approximate surface area is 42.2 Å². The molecule has 3 heteroatoms. The van der Waals surface area contributed by atoms with Crippen molar-refractivity contribution in [3.05, 3.63) is 12.3 Å². The largest absolute Gasteiger partial charge is 0.323 e. The summed E-state index contributed by atoms with van der Waals surface area (Å²) in [4.78, 5) is 3.40. The van der Waals surface area contributed by atoms with Crippen molar-refractivity contribution in [1.29, 1.82) is 0 Å². The van der Waals surface area contributed by atoms with E-state index in [1.165, 1.54) is 12.4 Å². The molecule has 0 aromatic carbocycles. The summed E-state index contributed by atoms with van der Waals surface area (Å²) < 4.78 is 0. The van der Waals surface area contributed by atoms with Crippen molar-refractivity contribution in [3.63, 3.8) is 0 Å². The highest BCUT2D eigenvalue weighted by Crippen LogP contribution is 1.64. The van der Waals surface area contributed by atoms with Gasteiger partial charge in [0.05, 0.1) is 0 Å². The van der Waals surface area contributed by atoms with E-state index < -0.39 is 0 Å². The summed E-state index contributed by atoms with van der Waals surface area (Å²) >= 11 is 0. The molecule has 0 aliphatic heterocycles. The van der Waals surface area contributed by atoms with E-state index in [0.29, 0.717) is 0 Å². The zero-order valence-electron chi connectivity index (χ0n) is 3.91. The summed E-state index contributed by atoms with van der Waals surface area (Å²) in [6, 6.07) is 0. The normalized spacial score (nSPS) is 10.9. The zero-order valence-corrected chi connectivity index (χ0v) is 3.91. The van der Waals surface area contributed by atoms with Gasteiger partial charge in [0, 0.05) is 12.4 Å². The van der Waals surface area contributed by atoms with Gasteiger partial charge >= 0.3 is 0 Å². The van der Waals surface area contributed by atoms with Crippen LogP contribution in [0.2, 0.25) is 0 Å². The van der Waals surface area contributed by atoms with Gasteiger partial charge in [-0.25, -0.2) is 0 Å². The second-order valence-corrected chi connectivity index (χ2v) is 0.822. The van der Waals surface area contributed by atoms with Gasteiger partial charge in [-0.3, -0.25) is 4.99 Å². The second-order valence-electron chi connectivity index (χ2n) is 0.822. The molecule has 0 saturated carbocycles. The van der Waals surface area contributed by atoms with Gasteiger partial charge in [-0.15, -0.1) is 0 Å². The Morgan fingerprint density at radius 2 is 2.29 bits per heavy atom. The van der Waals surface area contributed by atoms with E-state index in [9.17, 15) is 0 Å². The van der Waals surface area contributed by atoms with E-state index in [4.69, 9.17) is 5.84 Å². The van der Waals surface area contributed by atoms with Crippen molar-refractivity contribution < 1.29 is 0 Å². The first-order valence-electron chi connectivity index (χ1n) is 1.76. The highest BCUT2D eigenvalue weighted by molar-refractivity contribution is 5.70. The highest BCUT2D eigenvalue weighted by atomic mass is 15.1. The van der Waals surface area contributed by atoms with E-state index in [0.717, 1.165) is 0 Å². The Morgan fingerprint density at radius 1 is 1.57 bits per heavy atom. The van der Waals surface area contributed by atoms with Gasteiger partial charge in [0.1, 0.15) is 0 Å². The van der Waals surface area contributed by atoms with Gasteiger partial charge < -0.3 is 5.84 Å². The van der Waals surface area contributed by atoms with E-state index in [2.05, 4.69) is 16.8 Å². The third kappa shape index (κ3) is 4.88. The Morgan fingerprint density at radius 3 is 2.71 bits per heavy atom. The van der Waals surface area contributed by atoms with Crippen LogP contribution >= 0.6 is 0 Å². The lowest BCUT2D eigenvalue weighted by Gasteiger charge is -1.66. The molecular formula is C4H7N3. The van der Waals surface area contributed by atoms with Crippen molar-refractivity contribution in [2.75, 3.05) is 0 Å². The fraction of sp³-hybridized carbons (Fsp3) is 0. The maximum atomic E-state index is 4.73. The molecule has 0 aromatic rings. The first-order chi connectivity index (χ1) is 3.41. The molecule has 0 saturated heterocycles. The molecule has 2 N–H and O–H groups in total. The lowest BCUT2D eigenvalue weighted by Crippen LogP contribution is -1.76. The summed E-state index contributed by atoms with van der Waals surface area (Å²) in [6.45, 7) is 3.19. The van der Waals surface area contributed by atoms with Gasteiger partial charge in [0.2, 0.25) is 0 Å². The summed E-state index contributed by atoms with van der Waals surface area (Å²) in [7, 11) is 0. The number of hydrazone groups is 1. The quantitative estimate of drug-likeness (QED) is 0.297. The van der Waals surface area contributed by atoms with Crippen LogP contribution in [0.5, 0.6) is 0 Å². The Hall–Kier alpha value is -1.12. The number of nitrogens with two attached hydrogens (primary N) is 1. The first-order valence-corrected chi connectivity index (χ1v) is 1.76. The van der Waals surface area contributed by atoms with Crippen molar-refractivity contribution in [2.24, 2.45) is 15.9 Å². The monoisotopic (exact) mass is 97.1 g/mol. The fourth-order valence-corrected chi connectivity index (χ4v) is 0.149. The topological polar surface area (TPSA) is 50.7 Å². The first kappa shape index (κ1) is 5.88. The average molecular weight is 97.1 g/mol. The number of nitrogens with zero attached hydrogens (tertiary/aromatic N) is 2. The highest BCUT2D eigenvalue weighted by Gasteiger charge is 1.53. The Bertz CT molecular complexity index is 93.1. The van der Waals surface area contributed by atoms with Crippen LogP contribution in [0.15, 0.2) is 22.4 Å². The Balaban J connectivity index is 3.27. The zero-order chi connectivity index (χ0) is 5.54. The van der Waals surface area contributed by atoms with Crippen molar-refractivity contribution in [3.8, 4) is 0 Å². The van der Waals surface area contributed by atoms with Crippen molar-refractivity contribution in [1.82, 2.24) is 0 Å². The van der Waals surface area contributed by atoms with Crippen LogP contribution in [0.25, 0.3) is 0 Å². The molecule has 0 aliphatic rings. The van der Waals surface area contributed by atoms with Crippen molar-refractivity contribution in [2.45, 2.75) is 0 Å². The van der Waals surface area contributed by atoms with Gasteiger partial charge in [0.15, 0.2) is 0 Å². The standard InChI is InChI=1S/C4H7N3/c1-6-3-2-4-7-5/h2-4H,1,5H2/b3-2-,7-4-. The molecule has 7 heavy (non-hydrogen) atoms. The van der Waals surface area contributed by atoms with Gasteiger partial charge in [0.25, 0.3) is 0 Å². The smallest absolute Gasteiger partial charge is 0.0480 e.